The lowest BCUT2D eigenvalue weighted by Crippen LogP contribution is -2.28. The molecule has 2 aromatic carbocycles. The molecule has 0 fully saturated rings. The van der Waals surface area contributed by atoms with E-state index in [-0.39, 0.29) is 18.4 Å². The molecule has 214 valence electrons. The van der Waals surface area contributed by atoms with Crippen molar-refractivity contribution < 1.29 is 23.9 Å². The highest BCUT2D eigenvalue weighted by Gasteiger charge is 2.19. The molecule has 0 radical (unpaired) electrons. The van der Waals surface area contributed by atoms with Crippen molar-refractivity contribution >= 4 is 46.4 Å². The number of hydrogen-bond acceptors (Lipinski definition) is 7. The van der Waals surface area contributed by atoms with Crippen molar-refractivity contribution in [1.29, 1.82) is 0 Å². The van der Waals surface area contributed by atoms with Crippen LogP contribution in [-0.4, -0.2) is 35.7 Å². The van der Waals surface area contributed by atoms with Gasteiger partial charge in [0.25, 0.3) is 5.91 Å². The molecule has 1 aromatic heterocycles. The lowest BCUT2D eigenvalue weighted by molar-refractivity contribution is -0.152. The van der Waals surface area contributed by atoms with Gasteiger partial charge in [0.05, 0.1) is 11.4 Å². The minimum atomic E-state index is -0.663. The maximum absolute atomic E-state index is 13.1. The van der Waals surface area contributed by atoms with Crippen LogP contribution >= 0.6 is 11.3 Å². The van der Waals surface area contributed by atoms with E-state index >= 15 is 0 Å². The zero-order valence-corrected chi connectivity index (χ0v) is 25.0. The predicted octanol–water partition coefficient (Wildman–Crippen LogP) is 7.96. The lowest BCUT2D eigenvalue weighted by atomic mass is 10.1. The van der Waals surface area contributed by atoms with Gasteiger partial charge in [-0.3, -0.25) is 14.9 Å². The molecule has 3 rings (SSSR count). The molecule has 9 heteroatoms. The van der Waals surface area contributed by atoms with Gasteiger partial charge < -0.3 is 20.1 Å². The molecule has 0 spiro atoms. The van der Waals surface area contributed by atoms with E-state index in [1.54, 1.807) is 68.5 Å². The first-order valence-electron chi connectivity index (χ1n) is 12.8. The third kappa shape index (κ3) is 11.3. The molecular formula is C31H39N3O5S. The van der Waals surface area contributed by atoms with Gasteiger partial charge in [-0.05, 0) is 102 Å². The number of ether oxygens (including phenoxy) is 2. The molecule has 0 aliphatic carbocycles. The van der Waals surface area contributed by atoms with Crippen LogP contribution in [0.15, 0.2) is 72.6 Å². The summed E-state index contributed by atoms with van der Waals surface area (Å²) in [5.41, 5.74) is 1.62. The van der Waals surface area contributed by atoms with Crippen LogP contribution in [0.25, 0.3) is 10.4 Å². The van der Waals surface area contributed by atoms with Crippen molar-refractivity contribution in [2.24, 2.45) is 0 Å². The zero-order chi connectivity index (χ0) is 29.9. The summed E-state index contributed by atoms with van der Waals surface area (Å²) in [6, 6.07) is 16.1. The molecule has 0 aliphatic rings. The average molecular weight is 566 g/mol. The Hall–Kier alpha value is -4.11. The summed E-state index contributed by atoms with van der Waals surface area (Å²) in [5, 5.41) is 10.6. The van der Waals surface area contributed by atoms with Crippen LogP contribution in [0.3, 0.4) is 0 Å². The maximum atomic E-state index is 13.1. The maximum Gasteiger partial charge on any atom is 0.412 e. The second-order valence-electron chi connectivity index (χ2n) is 10.7. The molecular weight excluding hydrogens is 526 g/mol. The molecule has 0 aliphatic heterocycles. The highest BCUT2D eigenvalue weighted by atomic mass is 32.1. The Bertz CT molecular complexity index is 1290. The Labute approximate surface area is 240 Å². The average Bonchev–Trinajstić information content (AvgIpc) is 3.37. The first-order valence-corrected chi connectivity index (χ1v) is 13.7. The van der Waals surface area contributed by atoms with Crippen molar-refractivity contribution in [3.8, 4) is 10.4 Å². The topological polar surface area (TPSA) is 106 Å². The van der Waals surface area contributed by atoms with Crippen LogP contribution in [0.1, 0.15) is 58.8 Å². The number of amides is 2. The number of carbonyl (C=O) groups is 3. The molecule has 0 atom stereocenters. The zero-order valence-electron chi connectivity index (χ0n) is 24.2. The lowest BCUT2D eigenvalue weighted by Gasteiger charge is -2.21. The van der Waals surface area contributed by atoms with Crippen LogP contribution in [0.4, 0.5) is 21.9 Å². The van der Waals surface area contributed by atoms with Gasteiger partial charge in [0.1, 0.15) is 17.7 Å². The number of rotatable bonds is 7. The fourth-order valence-electron chi connectivity index (χ4n) is 3.25. The van der Waals surface area contributed by atoms with Crippen LogP contribution in [0, 0.1) is 0 Å². The molecule has 1 heterocycles. The highest BCUT2D eigenvalue weighted by Crippen LogP contribution is 2.32. The Morgan fingerprint density at radius 3 is 2.05 bits per heavy atom. The first kappa shape index (κ1) is 32.1. The molecule has 3 aromatic rings. The van der Waals surface area contributed by atoms with Gasteiger partial charge in [0.2, 0.25) is 0 Å². The molecule has 3 N–H and O–H groups in total. The van der Waals surface area contributed by atoms with Gasteiger partial charge in [-0.25, -0.2) is 4.79 Å². The molecule has 0 saturated heterocycles. The molecule has 2 amide bonds. The van der Waals surface area contributed by atoms with Crippen molar-refractivity contribution in [2.75, 3.05) is 22.5 Å². The first-order chi connectivity index (χ1) is 18.7. The van der Waals surface area contributed by atoms with E-state index in [4.69, 9.17) is 9.47 Å². The Kier molecular flexibility index (Phi) is 11.5. The number of allylic oxidation sites excluding steroid dienone is 1. The summed E-state index contributed by atoms with van der Waals surface area (Å²) >= 11 is 1.57. The van der Waals surface area contributed by atoms with Crippen LogP contribution in [0.2, 0.25) is 0 Å². The quantitative estimate of drug-likeness (QED) is 0.198. The standard InChI is InChI=1S/C28H33N3O5S.C3H6/c1-27(2,3)35-24(32)17-29-20-12-9-18(10-13-20)25(33)30-22-16-19(23-8-7-15-37-23)11-14-21(22)31-26(34)36-28(4,5)6;1-3-2/h7-16,29H,17H2,1-6H3,(H,30,33)(H,31,34);3H,1H2,2H3. The van der Waals surface area contributed by atoms with Crippen molar-refractivity contribution in [3.63, 3.8) is 0 Å². The van der Waals surface area contributed by atoms with Gasteiger partial charge >= 0.3 is 12.1 Å². The second kappa shape index (κ2) is 14.3. The number of hydrogen-bond donors (Lipinski definition) is 3. The fraction of sp³-hybridized carbons (Fsp3) is 0.323. The number of thiophene rings is 1. The van der Waals surface area contributed by atoms with Crippen molar-refractivity contribution in [3.05, 3.63) is 78.2 Å². The predicted molar refractivity (Wildman–Crippen MR) is 164 cm³/mol. The Balaban J connectivity index is 0.00000178. The summed E-state index contributed by atoms with van der Waals surface area (Å²) in [5.74, 6) is -0.723. The van der Waals surface area contributed by atoms with Gasteiger partial charge in [-0.2, -0.15) is 0 Å². The van der Waals surface area contributed by atoms with Gasteiger partial charge in [0, 0.05) is 16.1 Å². The van der Waals surface area contributed by atoms with Gasteiger partial charge in [0.15, 0.2) is 0 Å². The van der Waals surface area contributed by atoms with Crippen LogP contribution in [-0.2, 0) is 14.3 Å². The van der Waals surface area contributed by atoms with Crippen molar-refractivity contribution in [1.82, 2.24) is 0 Å². The summed E-state index contributed by atoms with van der Waals surface area (Å²) in [6.45, 7) is 16.0. The molecule has 0 saturated carbocycles. The molecule has 0 bridgehead atoms. The molecule has 8 nitrogen and oxygen atoms in total. The largest absolute Gasteiger partial charge is 0.459 e. The van der Waals surface area contributed by atoms with Gasteiger partial charge in [-0.1, -0.05) is 18.2 Å². The Morgan fingerprint density at radius 2 is 1.50 bits per heavy atom. The van der Waals surface area contributed by atoms with E-state index in [1.807, 2.05) is 57.3 Å². The molecule has 40 heavy (non-hydrogen) atoms. The van der Waals surface area contributed by atoms with E-state index in [1.165, 1.54) is 0 Å². The monoisotopic (exact) mass is 565 g/mol. The van der Waals surface area contributed by atoms with Crippen LogP contribution in [0.5, 0.6) is 0 Å². The van der Waals surface area contributed by atoms with E-state index in [2.05, 4.69) is 22.5 Å². The smallest absolute Gasteiger partial charge is 0.412 e. The molecule has 0 unspecified atom stereocenters. The number of anilines is 3. The van der Waals surface area contributed by atoms with Crippen LogP contribution < -0.4 is 16.0 Å². The minimum Gasteiger partial charge on any atom is -0.459 e. The summed E-state index contributed by atoms with van der Waals surface area (Å²) in [6.07, 6.45) is 1.13. The third-order valence-electron chi connectivity index (χ3n) is 4.71. The normalized spacial score (nSPS) is 10.9. The SMILES string of the molecule is C=CC.CC(C)(C)OC(=O)CNc1ccc(C(=O)Nc2cc(-c3cccs3)ccc2NC(=O)OC(C)(C)C)cc1. The highest BCUT2D eigenvalue weighted by molar-refractivity contribution is 7.13. The van der Waals surface area contributed by atoms with Crippen molar-refractivity contribution in [2.45, 2.75) is 59.7 Å². The second-order valence-corrected chi connectivity index (χ2v) is 11.7. The summed E-state index contributed by atoms with van der Waals surface area (Å²) in [4.78, 5) is 38.4. The number of benzene rings is 2. The third-order valence-corrected chi connectivity index (χ3v) is 5.63. The van der Waals surface area contributed by atoms with E-state index in [0.29, 0.717) is 22.6 Å². The van der Waals surface area contributed by atoms with E-state index < -0.39 is 17.3 Å². The number of nitrogens with one attached hydrogen (secondary N) is 3. The summed E-state index contributed by atoms with van der Waals surface area (Å²) in [7, 11) is 0. The van der Waals surface area contributed by atoms with Gasteiger partial charge in [-0.15, -0.1) is 17.9 Å². The van der Waals surface area contributed by atoms with E-state index in [9.17, 15) is 14.4 Å². The Morgan fingerprint density at radius 1 is 0.875 bits per heavy atom. The van der Waals surface area contributed by atoms with E-state index in [0.717, 1.165) is 10.4 Å². The summed E-state index contributed by atoms with van der Waals surface area (Å²) < 4.78 is 10.7. The fourth-order valence-corrected chi connectivity index (χ4v) is 3.98. The number of carbonyl (C=O) groups excluding carboxylic acids is 3. The number of esters is 1. The minimum absolute atomic E-state index is 0.0119.